The van der Waals surface area contributed by atoms with Gasteiger partial charge in [-0.1, -0.05) is 0 Å². The fraction of sp³-hybridized carbons (Fsp3) is 0.533. The van der Waals surface area contributed by atoms with Gasteiger partial charge >= 0.3 is 11.8 Å². The molecule has 0 aromatic heterocycles. The molecule has 1 fully saturated rings. The van der Waals surface area contributed by atoms with Crippen LogP contribution in [0.5, 0.6) is 0 Å². The lowest BCUT2D eigenvalue weighted by Gasteiger charge is -2.35. The average Bonchev–Trinajstić information content (AvgIpc) is 2.45. The minimum atomic E-state index is -1.23. The predicted molar refractivity (Wildman–Crippen MR) is 81.6 cm³/mol. The van der Waals surface area contributed by atoms with Crippen molar-refractivity contribution in [3.8, 4) is 0 Å². The second-order valence-electron chi connectivity index (χ2n) is 6.48. The van der Waals surface area contributed by atoms with Crippen LogP contribution in [0.1, 0.15) is 32.4 Å². The van der Waals surface area contributed by atoms with Gasteiger partial charge in [-0.25, -0.2) is 9.18 Å². The number of carbonyl (C=O) groups excluding carboxylic acids is 1. The molecule has 1 aromatic rings. The van der Waals surface area contributed by atoms with E-state index in [-0.39, 0.29) is 13.1 Å². The first kappa shape index (κ1) is 18.1. The molecule has 1 unspecified atom stereocenters. The maximum absolute atomic E-state index is 14.3. The van der Waals surface area contributed by atoms with E-state index in [0.29, 0.717) is 6.54 Å². The third-order valence-electron chi connectivity index (χ3n) is 3.48. The second-order valence-corrected chi connectivity index (χ2v) is 6.48. The van der Waals surface area contributed by atoms with Crippen LogP contribution in [0.2, 0.25) is 0 Å². The summed E-state index contributed by atoms with van der Waals surface area (Å²) in [6.07, 6.45) is -0.597. The fourth-order valence-electron chi connectivity index (χ4n) is 2.45. The predicted octanol–water partition coefficient (Wildman–Crippen LogP) is 2.75. The van der Waals surface area contributed by atoms with E-state index in [9.17, 15) is 23.7 Å². The summed E-state index contributed by atoms with van der Waals surface area (Å²) in [5.74, 6) is -2.13. The third-order valence-corrected chi connectivity index (χ3v) is 3.48. The van der Waals surface area contributed by atoms with Gasteiger partial charge in [0, 0.05) is 31.3 Å². The fourth-order valence-corrected chi connectivity index (χ4v) is 2.45. The Hall–Kier alpha value is -2.29. The second kappa shape index (κ2) is 6.68. The van der Waals surface area contributed by atoms with Crippen LogP contribution in [0.25, 0.3) is 0 Å². The van der Waals surface area contributed by atoms with Crippen LogP contribution < -0.4 is 5.32 Å². The number of nitrogens with one attached hydrogen (secondary N) is 1. The Morgan fingerprint density at radius 2 is 2.08 bits per heavy atom. The number of hydrogen-bond acceptors (Lipinski definition) is 5. The highest BCUT2D eigenvalue weighted by molar-refractivity contribution is 5.68. The van der Waals surface area contributed by atoms with Crippen molar-refractivity contribution in [1.29, 1.82) is 0 Å². The van der Waals surface area contributed by atoms with Crippen LogP contribution in [-0.4, -0.2) is 41.2 Å². The van der Waals surface area contributed by atoms with Crippen molar-refractivity contribution < 1.29 is 23.2 Å². The van der Waals surface area contributed by atoms with Gasteiger partial charge in [0.05, 0.1) is 11.0 Å². The number of nitro groups is 1. The molecule has 0 saturated carbocycles. The number of ether oxygens (including phenoxy) is 1. The maximum atomic E-state index is 14.3. The molecule has 0 radical (unpaired) electrons. The Morgan fingerprint density at radius 3 is 2.67 bits per heavy atom. The number of benzene rings is 1. The lowest BCUT2D eigenvalue weighted by molar-refractivity contribution is -0.387. The molecule has 1 aromatic carbocycles. The molecule has 2 rings (SSSR count). The first-order chi connectivity index (χ1) is 11.1. The van der Waals surface area contributed by atoms with Crippen molar-refractivity contribution in [2.45, 2.75) is 32.4 Å². The summed E-state index contributed by atoms with van der Waals surface area (Å²) in [5, 5.41) is 13.7. The van der Waals surface area contributed by atoms with E-state index in [0.717, 1.165) is 12.1 Å². The highest BCUT2D eigenvalue weighted by Crippen LogP contribution is 2.29. The summed E-state index contributed by atoms with van der Waals surface area (Å²) in [6, 6.07) is 0.735. The molecular formula is C15H19F2N3O4. The molecule has 132 valence electrons. The minimum absolute atomic E-state index is 0.0517. The number of halogens is 2. The topological polar surface area (TPSA) is 84.7 Å². The van der Waals surface area contributed by atoms with Crippen LogP contribution in [0.15, 0.2) is 12.1 Å². The zero-order valence-corrected chi connectivity index (χ0v) is 13.6. The number of nitrogens with zero attached hydrogens (tertiary/aromatic N) is 2. The Bertz CT molecular complexity index is 661. The van der Waals surface area contributed by atoms with Gasteiger partial charge in [0.1, 0.15) is 11.4 Å². The van der Waals surface area contributed by atoms with E-state index in [2.05, 4.69) is 5.32 Å². The number of carbonyl (C=O) groups is 1. The summed E-state index contributed by atoms with van der Waals surface area (Å²) < 4.78 is 33.6. The van der Waals surface area contributed by atoms with Crippen molar-refractivity contribution in [2.24, 2.45) is 0 Å². The summed E-state index contributed by atoms with van der Waals surface area (Å²) in [7, 11) is 0. The van der Waals surface area contributed by atoms with Crippen molar-refractivity contribution in [3.63, 3.8) is 0 Å². The quantitative estimate of drug-likeness (QED) is 0.659. The van der Waals surface area contributed by atoms with Gasteiger partial charge in [-0.3, -0.25) is 10.1 Å². The highest BCUT2D eigenvalue weighted by atomic mass is 19.1. The smallest absolute Gasteiger partial charge is 0.410 e. The first-order valence-electron chi connectivity index (χ1n) is 7.43. The van der Waals surface area contributed by atoms with E-state index < -0.39 is 45.5 Å². The van der Waals surface area contributed by atoms with E-state index in [1.165, 1.54) is 4.90 Å². The zero-order valence-electron chi connectivity index (χ0n) is 13.6. The maximum Gasteiger partial charge on any atom is 0.410 e. The molecule has 0 bridgehead atoms. The van der Waals surface area contributed by atoms with Gasteiger partial charge in [-0.15, -0.1) is 0 Å². The molecule has 7 nitrogen and oxygen atoms in total. The highest BCUT2D eigenvalue weighted by Gasteiger charge is 2.33. The van der Waals surface area contributed by atoms with Gasteiger partial charge in [-0.2, -0.15) is 4.39 Å². The van der Waals surface area contributed by atoms with E-state index in [1.807, 2.05) is 0 Å². The van der Waals surface area contributed by atoms with Crippen molar-refractivity contribution >= 4 is 11.8 Å². The molecule has 1 heterocycles. The number of hydrogen-bond donors (Lipinski definition) is 1. The minimum Gasteiger partial charge on any atom is -0.444 e. The molecule has 9 heteroatoms. The number of piperazine rings is 1. The molecule has 1 N–H and O–H groups in total. The van der Waals surface area contributed by atoms with Crippen LogP contribution in [-0.2, 0) is 4.74 Å². The number of amides is 1. The molecule has 0 aliphatic carbocycles. The van der Waals surface area contributed by atoms with Gasteiger partial charge in [0.2, 0.25) is 5.82 Å². The summed E-state index contributed by atoms with van der Waals surface area (Å²) in [6.45, 7) is 5.68. The normalized spacial score (nSPS) is 18.4. The van der Waals surface area contributed by atoms with Crippen LogP contribution >= 0.6 is 0 Å². The summed E-state index contributed by atoms with van der Waals surface area (Å²) in [4.78, 5) is 23.4. The van der Waals surface area contributed by atoms with Gasteiger partial charge < -0.3 is 15.0 Å². The van der Waals surface area contributed by atoms with Crippen molar-refractivity contribution in [3.05, 3.63) is 39.4 Å². The molecule has 1 saturated heterocycles. The van der Waals surface area contributed by atoms with Crippen LogP contribution in [0.4, 0.5) is 19.3 Å². The molecule has 1 amide bonds. The van der Waals surface area contributed by atoms with Crippen molar-refractivity contribution in [1.82, 2.24) is 10.2 Å². The molecule has 1 atom stereocenters. The summed E-state index contributed by atoms with van der Waals surface area (Å²) >= 11 is 0. The first-order valence-corrected chi connectivity index (χ1v) is 7.43. The average molecular weight is 343 g/mol. The largest absolute Gasteiger partial charge is 0.444 e. The molecule has 24 heavy (non-hydrogen) atoms. The molecule has 0 spiro atoms. The molecular weight excluding hydrogens is 324 g/mol. The van der Waals surface area contributed by atoms with Crippen LogP contribution in [0, 0.1) is 21.7 Å². The lowest BCUT2D eigenvalue weighted by atomic mass is 10.0. The van der Waals surface area contributed by atoms with E-state index in [1.54, 1.807) is 20.8 Å². The summed E-state index contributed by atoms with van der Waals surface area (Å²) in [5.41, 5.74) is -1.94. The van der Waals surface area contributed by atoms with Gasteiger partial charge in [-0.05, 0) is 26.8 Å². The standard InChI is InChI=1S/C15H19F2N3O4/c1-15(2,3)24-14(21)19-7-6-18-10(8-19)12-9(16)4-5-11(13(12)17)20(22)23/h4-5,10,18H,6-8H2,1-3H3. The molecule has 1 aliphatic heterocycles. The monoisotopic (exact) mass is 343 g/mol. The lowest BCUT2D eigenvalue weighted by Crippen LogP contribution is -2.50. The third kappa shape index (κ3) is 3.97. The van der Waals surface area contributed by atoms with Gasteiger partial charge in [0.15, 0.2) is 0 Å². The Balaban J connectivity index is 2.26. The Morgan fingerprint density at radius 1 is 1.42 bits per heavy atom. The Kier molecular flexibility index (Phi) is 5.02. The van der Waals surface area contributed by atoms with Crippen LogP contribution in [0.3, 0.4) is 0 Å². The Labute approximate surface area is 137 Å². The van der Waals surface area contributed by atoms with E-state index in [4.69, 9.17) is 4.74 Å². The SMILES string of the molecule is CC(C)(C)OC(=O)N1CCNC(c2c(F)ccc([N+](=O)[O-])c2F)C1. The number of rotatable bonds is 2. The van der Waals surface area contributed by atoms with E-state index >= 15 is 0 Å². The van der Waals surface area contributed by atoms with Crippen molar-refractivity contribution in [2.75, 3.05) is 19.6 Å². The number of nitro benzene ring substituents is 1. The zero-order chi connectivity index (χ0) is 18.1. The van der Waals surface area contributed by atoms with Gasteiger partial charge in [0.25, 0.3) is 0 Å². The molecule has 1 aliphatic rings.